The molecule has 5 rings (SSSR count). The zero-order chi connectivity index (χ0) is 30.5. The molecule has 222 valence electrons. The Morgan fingerprint density at radius 1 is 1.05 bits per heavy atom. The van der Waals surface area contributed by atoms with Crippen LogP contribution in [-0.4, -0.2) is 42.8 Å². The fraction of sp³-hybridized carbons (Fsp3) is 0.412. The van der Waals surface area contributed by atoms with Crippen molar-refractivity contribution in [2.75, 3.05) is 25.2 Å². The Hall–Kier alpha value is -3.91. The molecule has 0 fully saturated rings. The van der Waals surface area contributed by atoms with Gasteiger partial charge < -0.3 is 24.2 Å². The molecule has 0 bridgehead atoms. The van der Waals surface area contributed by atoms with Crippen LogP contribution in [0.3, 0.4) is 0 Å². The Kier molecular flexibility index (Phi) is 7.79. The smallest absolute Gasteiger partial charge is 0.337 e. The van der Waals surface area contributed by atoms with Crippen molar-refractivity contribution < 1.29 is 33.3 Å². The van der Waals surface area contributed by atoms with Crippen LogP contribution in [0.2, 0.25) is 0 Å². The molecule has 1 amide bonds. The summed E-state index contributed by atoms with van der Waals surface area (Å²) < 4.78 is 32.8. The Labute approximate surface area is 246 Å². The normalized spacial score (nSPS) is 15.1. The van der Waals surface area contributed by atoms with E-state index in [1.165, 1.54) is 6.07 Å². The summed E-state index contributed by atoms with van der Waals surface area (Å²) >= 11 is 0. The van der Waals surface area contributed by atoms with Gasteiger partial charge in [0.05, 0.1) is 19.3 Å². The lowest BCUT2D eigenvalue weighted by Crippen LogP contribution is -2.30. The highest BCUT2D eigenvalue weighted by Crippen LogP contribution is 2.48. The number of halogens is 1. The van der Waals surface area contributed by atoms with Crippen LogP contribution in [0.4, 0.5) is 10.1 Å². The summed E-state index contributed by atoms with van der Waals surface area (Å²) in [6.45, 7) is 11.9. The van der Waals surface area contributed by atoms with Crippen LogP contribution in [0.15, 0.2) is 30.3 Å². The van der Waals surface area contributed by atoms with Crippen LogP contribution >= 0.6 is 0 Å². The molecule has 0 saturated carbocycles. The number of ether oxygens (including phenoxy) is 3. The maximum absolute atomic E-state index is 15.6. The van der Waals surface area contributed by atoms with Crippen LogP contribution in [-0.2, 0) is 22.4 Å². The molecule has 7 nitrogen and oxygen atoms in total. The van der Waals surface area contributed by atoms with Gasteiger partial charge >= 0.3 is 5.97 Å². The van der Waals surface area contributed by atoms with Crippen LogP contribution in [0.1, 0.15) is 77.0 Å². The van der Waals surface area contributed by atoms with E-state index in [9.17, 15) is 14.7 Å². The SMILES string of the molecule is COc1cc(C)cc(C(=O)N2CCc3c2cc(C)c([C@H](OC(C)(C)C)C(=O)O)c3-c2cc(F)c3c(c2C)CCCO3)c1. The van der Waals surface area contributed by atoms with Crippen LogP contribution in [0.25, 0.3) is 11.1 Å². The summed E-state index contributed by atoms with van der Waals surface area (Å²) in [5.74, 6) is -0.939. The number of carbonyl (C=O) groups is 2. The van der Waals surface area contributed by atoms with Gasteiger partial charge in [0.1, 0.15) is 5.75 Å². The lowest BCUT2D eigenvalue weighted by molar-refractivity contribution is -0.160. The lowest BCUT2D eigenvalue weighted by Gasteiger charge is -2.30. The number of aliphatic carboxylic acids is 1. The van der Waals surface area contributed by atoms with Crippen molar-refractivity contribution in [3.05, 3.63) is 75.1 Å². The molecule has 3 aromatic rings. The molecule has 8 heteroatoms. The lowest BCUT2D eigenvalue weighted by atomic mass is 9.83. The summed E-state index contributed by atoms with van der Waals surface area (Å²) in [4.78, 5) is 28.4. The second kappa shape index (κ2) is 11.1. The number of fused-ring (bicyclic) bond motifs is 2. The first kappa shape index (κ1) is 29.6. The number of anilines is 1. The molecule has 0 aliphatic carbocycles. The number of rotatable bonds is 6. The predicted molar refractivity (Wildman–Crippen MR) is 159 cm³/mol. The second-order valence-electron chi connectivity index (χ2n) is 12.2. The average Bonchev–Trinajstić information content (AvgIpc) is 3.35. The van der Waals surface area contributed by atoms with E-state index in [2.05, 4.69) is 0 Å². The Morgan fingerprint density at radius 2 is 1.79 bits per heavy atom. The van der Waals surface area contributed by atoms with Gasteiger partial charge in [0.25, 0.3) is 5.91 Å². The fourth-order valence-corrected chi connectivity index (χ4v) is 6.20. The molecule has 0 spiro atoms. The first-order chi connectivity index (χ1) is 19.8. The van der Waals surface area contributed by atoms with E-state index in [-0.39, 0.29) is 11.7 Å². The number of aryl methyl sites for hydroxylation is 2. The van der Waals surface area contributed by atoms with Gasteiger partial charge in [0.2, 0.25) is 0 Å². The molecular formula is C34H38FNO6. The summed E-state index contributed by atoms with van der Waals surface area (Å²) in [6.07, 6.45) is 0.604. The van der Waals surface area contributed by atoms with Crippen molar-refractivity contribution in [1.82, 2.24) is 0 Å². The highest BCUT2D eigenvalue weighted by atomic mass is 19.1. The third-order valence-electron chi connectivity index (χ3n) is 7.98. The highest BCUT2D eigenvalue weighted by Gasteiger charge is 2.37. The maximum atomic E-state index is 15.6. The summed E-state index contributed by atoms with van der Waals surface area (Å²) in [5, 5.41) is 10.4. The molecule has 2 heterocycles. The number of carbonyl (C=O) groups excluding carboxylic acids is 1. The van der Waals surface area contributed by atoms with E-state index in [0.717, 1.165) is 28.7 Å². The molecule has 0 saturated heterocycles. The first-order valence-corrected chi connectivity index (χ1v) is 14.3. The van der Waals surface area contributed by atoms with Gasteiger partial charge in [-0.25, -0.2) is 9.18 Å². The van der Waals surface area contributed by atoms with Gasteiger partial charge in [-0.05, 0) is 125 Å². The van der Waals surface area contributed by atoms with Crippen molar-refractivity contribution in [3.8, 4) is 22.6 Å². The van der Waals surface area contributed by atoms with E-state index >= 15 is 4.39 Å². The zero-order valence-corrected chi connectivity index (χ0v) is 25.3. The Morgan fingerprint density at radius 3 is 2.45 bits per heavy atom. The van der Waals surface area contributed by atoms with E-state index < -0.39 is 23.5 Å². The molecule has 2 aliphatic heterocycles. The quantitative estimate of drug-likeness (QED) is 0.344. The molecule has 0 aromatic heterocycles. The molecule has 42 heavy (non-hydrogen) atoms. The Bertz CT molecular complexity index is 1590. The van der Waals surface area contributed by atoms with Gasteiger partial charge in [-0.15, -0.1) is 0 Å². The number of nitrogens with zero attached hydrogens (tertiary/aromatic N) is 1. The van der Waals surface area contributed by atoms with Crippen molar-refractivity contribution in [2.45, 2.75) is 72.5 Å². The molecule has 1 atom stereocenters. The number of carboxylic acids is 1. The van der Waals surface area contributed by atoms with Crippen molar-refractivity contribution in [2.24, 2.45) is 0 Å². The molecule has 0 radical (unpaired) electrons. The summed E-state index contributed by atoms with van der Waals surface area (Å²) in [6, 6.07) is 8.72. The third-order valence-corrected chi connectivity index (χ3v) is 7.98. The van der Waals surface area contributed by atoms with Gasteiger partial charge in [0, 0.05) is 28.9 Å². The highest BCUT2D eigenvalue weighted by molar-refractivity contribution is 6.08. The topological polar surface area (TPSA) is 85.3 Å². The summed E-state index contributed by atoms with van der Waals surface area (Å²) in [5.41, 5.74) is 6.08. The molecule has 1 N–H and O–H groups in total. The van der Waals surface area contributed by atoms with E-state index in [1.54, 1.807) is 18.1 Å². The standard InChI is InChI=1S/C34H38FNO6/c1-18-13-21(16-22(14-18)40-7)32(37)36-11-10-24-27(36)15-19(2)28(31(33(38)39)42-34(4,5)6)29(24)25-17-26(35)30-23(20(25)3)9-8-12-41-30/h13-17,31H,8-12H2,1-7H3,(H,38,39)/t31-/m0/s1. The minimum absolute atomic E-state index is 0.184. The number of benzene rings is 3. The number of hydrogen-bond donors (Lipinski definition) is 1. The van der Waals surface area contributed by atoms with Gasteiger partial charge in [0.15, 0.2) is 17.7 Å². The van der Waals surface area contributed by atoms with Gasteiger partial charge in [-0.3, -0.25) is 4.79 Å². The van der Waals surface area contributed by atoms with E-state index in [0.29, 0.717) is 65.2 Å². The number of methoxy groups -OCH3 is 1. The summed E-state index contributed by atoms with van der Waals surface area (Å²) in [7, 11) is 1.56. The van der Waals surface area contributed by atoms with Crippen molar-refractivity contribution in [1.29, 1.82) is 0 Å². The Balaban J connectivity index is 1.76. The molecular weight excluding hydrogens is 537 g/mol. The number of carboxylic acid groups (broad SMARTS) is 1. The fourth-order valence-electron chi connectivity index (χ4n) is 6.20. The molecule has 2 aliphatic rings. The minimum atomic E-state index is -1.30. The predicted octanol–water partition coefficient (Wildman–Crippen LogP) is 6.90. The molecule has 3 aromatic carbocycles. The zero-order valence-electron chi connectivity index (χ0n) is 25.3. The molecule has 0 unspecified atom stereocenters. The van der Waals surface area contributed by atoms with Gasteiger partial charge in [-0.1, -0.05) is 0 Å². The van der Waals surface area contributed by atoms with E-state index in [4.69, 9.17) is 14.2 Å². The number of hydrogen-bond acceptors (Lipinski definition) is 5. The second-order valence-corrected chi connectivity index (χ2v) is 12.2. The minimum Gasteiger partial charge on any atom is -0.497 e. The van der Waals surface area contributed by atoms with E-state index in [1.807, 2.05) is 59.7 Å². The largest absolute Gasteiger partial charge is 0.497 e. The average molecular weight is 576 g/mol. The number of amides is 1. The van der Waals surface area contributed by atoms with Crippen LogP contribution in [0, 0.1) is 26.6 Å². The van der Waals surface area contributed by atoms with Gasteiger partial charge in [-0.2, -0.15) is 0 Å². The maximum Gasteiger partial charge on any atom is 0.337 e. The monoisotopic (exact) mass is 575 g/mol. The first-order valence-electron chi connectivity index (χ1n) is 14.3. The van der Waals surface area contributed by atoms with Crippen LogP contribution in [0.5, 0.6) is 11.5 Å². The van der Waals surface area contributed by atoms with Crippen molar-refractivity contribution >= 4 is 17.6 Å². The third kappa shape index (κ3) is 5.36. The van der Waals surface area contributed by atoms with Crippen molar-refractivity contribution in [3.63, 3.8) is 0 Å². The van der Waals surface area contributed by atoms with Crippen LogP contribution < -0.4 is 14.4 Å².